The van der Waals surface area contributed by atoms with Gasteiger partial charge in [0.2, 0.25) is 0 Å². The van der Waals surface area contributed by atoms with E-state index in [0.29, 0.717) is 12.0 Å². The van der Waals surface area contributed by atoms with Crippen LogP contribution < -0.4 is 11.3 Å². The Kier molecular flexibility index (Phi) is 19.4. The fraction of sp³-hybridized carbons (Fsp3) is 0.818. The van der Waals surface area contributed by atoms with Gasteiger partial charge < -0.3 is 58.5 Å². The van der Waals surface area contributed by atoms with Gasteiger partial charge in [0.25, 0.3) is 5.91 Å². The highest BCUT2D eigenvalue weighted by molar-refractivity contribution is 5.93. The van der Waals surface area contributed by atoms with E-state index in [2.05, 4.69) is 4.98 Å². The van der Waals surface area contributed by atoms with Gasteiger partial charge in [-0.2, -0.15) is 0 Å². The highest BCUT2D eigenvalue weighted by Gasteiger charge is 2.54. The summed E-state index contributed by atoms with van der Waals surface area (Å²) < 4.78 is 43.9. The van der Waals surface area contributed by atoms with Crippen LogP contribution in [-0.4, -0.2) is 161 Å². The number of nitrogens with one attached hydrogen (secondary N) is 1. The first-order chi connectivity index (χ1) is 28.8. The van der Waals surface area contributed by atoms with Gasteiger partial charge in [-0.1, -0.05) is 27.7 Å². The van der Waals surface area contributed by atoms with Crippen LogP contribution in [0.3, 0.4) is 0 Å². The number of cyclic esters (lactones) is 1. The SMILES string of the molecule is CC[C@H]1OC(=O)[C@H](C)[C@@H](O[C@H]2C[C@@](C)(OC)[C@@H](O)[C@H](C)O2)C(C)[C@@H](O[C@@H]2O[C@H](C)C[C@H](N(C)C)[C@H]2O)[C@](C)(OC)C[C@@H](C)C(=O)[C@H](C)[C@@H](O)[C@]1(C)O.NNC(=O)c1ccncc1. The molecular weight excluding hydrogens is 808 g/mol. The molecule has 3 aliphatic rings. The van der Waals surface area contributed by atoms with Gasteiger partial charge in [-0.3, -0.25) is 24.8 Å². The number of hydrogen-bond acceptors (Lipinski definition) is 17. The number of ether oxygens (including phenoxy) is 7. The number of ketones is 1. The van der Waals surface area contributed by atoms with Gasteiger partial charge in [-0.15, -0.1) is 0 Å². The van der Waals surface area contributed by atoms with E-state index in [1.54, 1.807) is 60.6 Å². The number of aliphatic hydroxyl groups excluding tert-OH is 3. The number of hydrogen-bond donors (Lipinski definition) is 6. The molecule has 0 saturated carbocycles. The predicted octanol–water partition coefficient (Wildman–Crippen LogP) is 2.12. The fourth-order valence-electron chi connectivity index (χ4n) is 9.17. The third-order valence-corrected chi connectivity index (χ3v) is 13.3. The number of hydrazine groups is 1. The van der Waals surface area contributed by atoms with E-state index < -0.39 is 102 Å². The van der Waals surface area contributed by atoms with Crippen LogP contribution in [0.1, 0.15) is 105 Å². The zero-order valence-corrected chi connectivity index (χ0v) is 39.1. The molecule has 3 fully saturated rings. The molecule has 0 spiro atoms. The van der Waals surface area contributed by atoms with Crippen molar-refractivity contribution < 1.29 is 68.0 Å². The number of carbonyl (C=O) groups excluding carboxylic acids is 3. The number of carbonyl (C=O) groups is 3. The molecule has 0 bridgehead atoms. The average Bonchev–Trinajstić information content (AvgIpc) is 3.24. The highest BCUT2D eigenvalue weighted by Crippen LogP contribution is 2.42. The molecule has 18 nitrogen and oxygen atoms in total. The monoisotopic (exact) mass is 885 g/mol. The van der Waals surface area contributed by atoms with Crippen LogP contribution in [-0.2, 0) is 42.7 Å². The lowest BCUT2D eigenvalue weighted by Crippen LogP contribution is -2.61. The Morgan fingerprint density at radius 1 is 0.919 bits per heavy atom. The largest absolute Gasteiger partial charge is 0.459 e. The van der Waals surface area contributed by atoms with Crippen molar-refractivity contribution in [2.45, 2.75) is 179 Å². The van der Waals surface area contributed by atoms with Crippen molar-refractivity contribution in [2.24, 2.45) is 29.5 Å². The molecule has 4 heterocycles. The molecule has 0 aliphatic carbocycles. The zero-order chi connectivity index (χ0) is 47.1. The Morgan fingerprint density at radius 2 is 1.52 bits per heavy atom. The molecule has 0 radical (unpaired) electrons. The lowest BCUT2D eigenvalue weighted by molar-refractivity contribution is -0.319. The van der Waals surface area contributed by atoms with Crippen molar-refractivity contribution in [3.63, 3.8) is 0 Å². The number of Topliss-reactive ketones (excluding diaryl/α,β-unsaturated/α-hetero) is 1. The quantitative estimate of drug-likeness (QED) is 0.0900. The lowest BCUT2D eigenvalue weighted by Gasteiger charge is -2.50. The van der Waals surface area contributed by atoms with Gasteiger partial charge in [-0.25, -0.2) is 5.84 Å². The Morgan fingerprint density at radius 3 is 2.05 bits per heavy atom. The third kappa shape index (κ3) is 12.3. The molecule has 1 amide bonds. The summed E-state index contributed by atoms with van der Waals surface area (Å²) in [7, 11) is 6.77. The number of pyridine rings is 1. The molecule has 0 aromatic carbocycles. The summed E-state index contributed by atoms with van der Waals surface area (Å²) in [5, 5.41) is 45.6. The van der Waals surface area contributed by atoms with E-state index in [4.69, 9.17) is 39.0 Å². The van der Waals surface area contributed by atoms with Crippen molar-refractivity contribution in [3.05, 3.63) is 30.1 Å². The number of likely N-dealkylation sites (N-methyl/N-ethyl adjacent to an activating group) is 1. The molecule has 1 unspecified atom stereocenters. The van der Waals surface area contributed by atoms with Crippen molar-refractivity contribution in [3.8, 4) is 0 Å². The summed E-state index contributed by atoms with van der Waals surface area (Å²) >= 11 is 0. The Labute approximate surface area is 367 Å². The molecule has 62 heavy (non-hydrogen) atoms. The summed E-state index contributed by atoms with van der Waals surface area (Å²) in [6.07, 6.45) is -5.67. The number of nitrogens with zero attached hydrogens (tertiary/aromatic N) is 2. The third-order valence-electron chi connectivity index (χ3n) is 13.3. The predicted molar refractivity (Wildman–Crippen MR) is 227 cm³/mol. The fourth-order valence-corrected chi connectivity index (χ4v) is 9.17. The van der Waals surface area contributed by atoms with E-state index in [0.717, 1.165) is 0 Å². The van der Waals surface area contributed by atoms with E-state index in [1.807, 2.05) is 38.3 Å². The topological polar surface area (TPSA) is 251 Å². The van der Waals surface area contributed by atoms with E-state index in [-0.39, 0.29) is 43.1 Å². The molecule has 3 aliphatic heterocycles. The van der Waals surface area contributed by atoms with Crippen LogP contribution in [0.2, 0.25) is 0 Å². The molecule has 356 valence electrons. The van der Waals surface area contributed by atoms with Crippen LogP contribution in [0, 0.1) is 23.7 Å². The molecule has 4 rings (SSSR count). The van der Waals surface area contributed by atoms with Gasteiger partial charge in [0.15, 0.2) is 12.6 Å². The van der Waals surface area contributed by atoms with E-state index >= 15 is 0 Å². The number of rotatable bonds is 9. The van der Waals surface area contributed by atoms with Gasteiger partial charge in [0.05, 0.1) is 47.6 Å². The van der Waals surface area contributed by atoms with Crippen LogP contribution in [0.4, 0.5) is 0 Å². The summed E-state index contributed by atoms with van der Waals surface area (Å²) in [4.78, 5) is 44.6. The minimum atomic E-state index is -1.96. The Hall–Kier alpha value is -2.72. The molecule has 1 aromatic rings. The van der Waals surface area contributed by atoms with Crippen LogP contribution in [0.15, 0.2) is 24.5 Å². The number of nitrogen functional groups attached to an aromatic ring is 1. The Bertz CT molecular complexity index is 1590. The van der Waals surface area contributed by atoms with Crippen molar-refractivity contribution in [1.82, 2.24) is 15.3 Å². The molecule has 7 N–H and O–H groups in total. The number of esters is 1. The minimum Gasteiger partial charge on any atom is -0.459 e. The van der Waals surface area contributed by atoms with Gasteiger partial charge in [0, 0.05) is 62.4 Å². The molecular formula is C44H76N4O14. The van der Waals surface area contributed by atoms with Crippen LogP contribution in [0.5, 0.6) is 0 Å². The minimum absolute atomic E-state index is 0.111. The van der Waals surface area contributed by atoms with Crippen molar-refractivity contribution >= 4 is 17.7 Å². The summed E-state index contributed by atoms with van der Waals surface area (Å²) in [6.45, 7) is 17.1. The Balaban J connectivity index is 0.000000895. The standard InChI is InChI=1S/C38H69NO13.C6H7N3O/c1-15-26-38(10,45)31(42)21(4)28(40)19(2)17-37(9,47-14)33(52-35-29(41)25(39(11)12)16-20(3)48-35)22(5)30(23(6)34(44)50-26)51-27-18-36(8,46-13)32(43)24(7)49-27;7-9-6(10)5-1-3-8-4-2-5/h19-27,29-33,35,41-43,45H,15-18H2,1-14H3;1-4H,7H2,(H,9,10)/t19-,20-,21+,22?,23-,24+,25+,26-,27+,29-,30+,31-,32+,33-,35+,36-,37-,38-;/m1./s1. The lowest BCUT2D eigenvalue weighted by atomic mass is 9.74. The van der Waals surface area contributed by atoms with Crippen molar-refractivity contribution in [1.29, 1.82) is 0 Å². The van der Waals surface area contributed by atoms with Gasteiger partial charge in [0.1, 0.15) is 29.7 Å². The zero-order valence-electron chi connectivity index (χ0n) is 39.1. The van der Waals surface area contributed by atoms with Crippen molar-refractivity contribution in [2.75, 3.05) is 28.3 Å². The summed E-state index contributed by atoms with van der Waals surface area (Å²) in [6, 6.07) is 2.89. The first-order valence-corrected chi connectivity index (χ1v) is 21.6. The van der Waals surface area contributed by atoms with Crippen LogP contribution in [0.25, 0.3) is 0 Å². The maximum Gasteiger partial charge on any atom is 0.311 e. The number of methoxy groups -OCH3 is 2. The van der Waals surface area contributed by atoms with E-state index in [1.165, 1.54) is 33.5 Å². The number of aromatic nitrogens is 1. The molecule has 3 saturated heterocycles. The second-order valence-electron chi connectivity index (χ2n) is 18.3. The second kappa shape index (κ2) is 22.5. The maximum absolute atomic E-state index is 14.2. The smallest absolute Gasteiger partial charge is 0.311 e. The van der Waals surface area contributed by atoms with Crippen LogP contribution >= 0.6 is 0 Å². The normalized spacial score (nSPS) is 42.5. The number of nitrogens with two attached hydrogens (primary N) is 1. The molecule has 18 atom stereocenters. The summed E-state index contributed by atoms with van der Waals surface area (Å²) in [5.74, 6) is 0.111. The van der Waals surface area contributed by atoms with Gasteiger partial charge >= 0.3 is 5.97 Å². The maximum atomic E-state index is 14.2. The average molecular weight is 885 g/mol. The van der Waals surface area contributed by atoms with E-state index in [9.17, 15) is 34.8 Å². The highest BCUT2D eigenvalue weighted by atomic mass is 16.7. The first kappa shape index (κ1) is 53.6. The number of aliphatic hydroxyl groups is 4. The summed E-state index contributed by atoms with van der Waals surface area (Å²) in [5.41, 5.74) is -1.72. The first-order valence-electron chi connectivity index (χ1n) is 21.6. The van der Waals surface area contributed by atoms with Gasteiger partial charge in [-0.05, 0) is 87.0 Å². The molecule has 18 heteroatoms. The number of amides is 1. The second-order valence-corrected chi connectivity index (χ2v) is 18.3. The molecule has 1 aromatic heterocycles.